The molecule has 7 nitrogen and oxygen atoms in total. The summed E-state index contributed by atoms with van der Waals surface area (Å²) in [6, 6.07) is 4.90. The molecule has 1 aromatic carbocycles. The van der Waals surface area contributed by atoms with Crippen LogP contribution in [-0.4, -0.2) is 87.8 Å². The van der Waals surface area contributed by atoms with Gasteiger partial charge in [0.1, 0.15) is 0 Å². The molecule has 0 aliphatic carbocycles. The number of hydrogen-bond donors (Lipinski definition) is 1. The number of aryl methyl sites for hydroxylation is 1. The molecule has 1 saturated heterocycles. The summed E-state index contributed by atoms with van der Waals surface area (Å²) >= 11 is 0. The number of benzene rings is 1. The zero-order valence-corrected chi connectivity index (χ0v) is 19.1. The van der Waals surface area contributed by atoms with E-state index in [0.29, 0.717) is 30.8 Å². The number of amides is 1. The van der Waals surface area contributed by atoms with Crippen molar-refractivity contribution in [1.82, 2.24) is 19.4 Å². The highest BCUT2D eigenvalue weighted by molar-refractivity contribution is 7.89. The third-order valence-corrected chi connectivity index (χ3v) is 7.75. The number of nitrogens with one attached hydrogen (secondary N) is 1. The van der Waals surface area contributed by atoms with Crippen LogP contribution in [0.1, 0.15) is 42.6 Å². The molecule has 1 N–H and O–H groups in total. The highest BCUT2D eigenvalue weighted by Gasteiger charge is 2.24. The van der Waals surface area contributed by atoms with Crippen molar-refractivity contribution in [1.29, 1.82) is 0 Å². The second-order valence-corrected chi connectivity index (χ2v) is 9.58. The molecule has 1 fully saturated rings. The first kappa shape index (κ1) is 23.8. The van der Waals surface area contributed by atoms with Crippen molar-refractivity contribution in [2.45, 2.75) is 38.5 Å². The lowest BCUT2D eigenvalue weighted by molar-refractivity contribution is 0.0951. The molecular weight excluding hydrogens is 388 g/mol. The molecule has 8 heteroatoms. The van der Waals surface area contributed by atoms with Crippen LogP contribution < -0.4 is 5.32 Å². The summed E-state index contributed by atoms with van der Waals surface area (Å²) in [6.45, 7) is 12.3. The van der Waals surface area contributed by atoms with Gasteiger partial charge in [0.25, 0.3) is 5.91 Å². The topological polar surface area (TPSA) is 73.0 Å². The highest BCUT2D eigenvalue weighted by atomic mass is 32.2. The molecule has 1 aromatic rings. The molecule has 29 heavy (non-hydrogen) atoms. The molecule has 1 heterocycles. The van der Waals surface area contributed by atoms with E-state index in [-0.39, 0.29) is 10.8 Å². The van der Waals surface area contributed by atoms with E-state index in [9.17, 15) is 13.2 Å². The van der Waals surface area contributed by atoms with Gasteiger partial charge in [-0.1, -0.05) is 19.9 Å². The van der Waals surface area contributed by atoms with E-state index in [2.05, 4.69) is 22.2 Å². The van der Waals surface area contributed by atoms with Gasteiger partial charge in [0.15, 0.2) is 0 Å². The van der Waals surface area contributed by atoms with Crippen molar-refractivity contribution in [3.8, 4) is 0 Å². The molecule has 1 aliphatic rings. The predicted molar refractivity (Wildman–Crippen MR) is 117 cm³/mol. The third kappa shape index (κ3) is 6.50. The minimum atomic E-state index is -3.59. The monoisotopic (exact) mass is 424 g/mol. The molecule has 1 aliphatic heterocycles. The maximum atomic E-state index is 12.8. The Kier molecular flexibility index (Phi) is 9.07. The van der Waals surface area contributed by atoms with Crippen LogP contribution in [0.4, 0.5) is 0 Å². The van der Waals surface area contributed by atoms with E-state index < -0.39 is 10.0 Å². The molecule has 1 amide bonds. The van der Waals surface area contributed by atoms with Crippen LogP contribution in [-0.2, 0) is 10.0 Å². The minimum absolute atomic E-state index is 0.212. The predicted octanol–water partition coefficient (Wildman–Crippen LogP) is 1.78. The van der Waals surface area contributed by atoms with Crippen molar-refractivity contribution in [3.05, 3.63) is 29.3 Å². The number of rotatable bonds is 10. The van der Waals surface area contributed by atoms with Gasteiger partial charge in [-0.15, -0.1) is 0 Å². The first-order valence-electron chi connectivity index (χ1n) is 10.6. The number of carbonyl (C=O) groups is 1. The smallest absolute Gasteiger partial charge is 0.251 e. The SMILES string of the molecule is CCN(CC)S(=O)(=O)c1cc(C(=O)NCCCCN2CCN(C)CC2)ccc1C. The fraction of sp³-hybridized carbons (Fsp3) is 0.667. The summed E-state index contributed by atoms with van der Waals surface area (Å²) in [4.78, 5) is 17.5. The van der Waals surface area contributed by atoms with Crippen LogP contribution in [0, 0.1) is 6.92 Å². The molecular formula is C21H36N4O3S. The van der Waals surface area contributed by atoms with E-state index >= 15 is 0 Å². The average molecular weight is 425 g/mol. The Morgan fingerprint density at radius 1 is 1.10 bits per heavy atom. The Labute approximate surface area is 176 Å². The summed E-state index contributed by atoms with van der Waals surface area (Å²) in [5.74, 6) is -0.222. The Balaban J connectivity index is 1.88. The van der Waals surface area contributed by atoms with Gasteiger partial charge in [0, 0.05) is 51.4 Å². The Hall–Kier alpha value is -1.48. The van der Waals surface area contributed by atoms with E-state index in [1.807, 2.05) is 13.8 Å². The Bertz CT molecular complexity index is 770. The van der Waals surface area contributed by atoms with Crippen LogP contribution in [0.25, 0.3) is 0 Å². The Morgan fingerprint density at radius 3 is 2.38 bits per heavy atom. The average Bonchev–Trinajstić information content (AvgIpc) is 2.70. The summed E-state index contributed by atoms with van der Waals surface area (Å²) < 4.78 is 27.1. The molecule has 164 valence electrons. The molecule has 2 rings (SSSR count). The van der Waals surface area contributed by atoms with Gasteiger partial charge in [-0.2, -0.15) is 4.31 Å². The molecule has 0 radical (unpaired) electrons. The summed E-state index contributed by atoms with van der Waals surface area (Å²) in [6.07, 6.45) is 1.95. The van der Waals surface area contributed by atoms with Gasteiger partial charge in [0.05, 0.1) is 4.90 Å². The summed E-state index contributed by atoms with van der Waals surface area (Å²) in [7, 11) is -1.44. The Morgan fingerprint density at radius 2 is 1.76 bits per heavy atom. The lowest BCUT2D eigenvalue weighted by Crippen LogP contribution is -2.44. The van der Waals surface area contributed by atoms with Crippen molar-refractivity contribution in [2.75, 3.05) is 59.4 Å². The van der Waals surface area contributed by atoms with Crippen LogP contribution in [0.3, 0.4) is 0 Å². The third-order valence-electron chi connectivity index (χ3n) is 5.56. The first-order valence-corrected chi connectivity index (χ1v) is 12.0. The minimum Gasteiger partial charge on any atom is -0.352 e. The number of unbranched alkanes of at least 4 members (excludes halogenated alkanes) is 1. The largest absolute Gasteiger partial charge is 0.352 e. The number of nitrogens with zero attached hydrogens (tertiary/aromatic N) is 3. The fourth-order valence-corrected chi connectivity index (χ4v) is 5.27. The number of carbonyl (C=O) groups excluding carboxylic acids is 1. The summed E-state index contributed by atoms with van der Waals surface area (Å²) in [5.41, 5.74) is 1.04. The zero-order chi connectivity index (χ0) is 21.4. The lowest BCUT2D eigenvalue weighted by Gasteiger charge is -2.32. The van der Waals surface area contributed by atoms with Gasteiger partial charge in [-0.3, -0.25) is 4.79 Å². The maximum absolute atomic E-state index is 12.8. The van der Waals surface area contributed by atoms with E-state index in [1.54, 1.807) is 19.1 Å². The normalized spacial score (nSPS) is 16.3. The van der Waals surface area contributed by atoms with Crippen LogP contribution in [0.15, 0.2) is 23.1 Å². The van der Waals surface area contributed by atoms with Gasteiger partial charge in [0.2, 0.25) is 10.0 Å². The fourth-order valence-electron chi connectivity index (χ4n) is 3.56. The first-order chi connectivity index (χ1) is 13.8. The molecule has 0 aromatic heterocycles. The highest BCUT2D eigenvalue weighted by Crippen LogP contribution is 2.21. The standard InChI is InChI=1S/C21H36N4O3S/c1-5-25(6-2)29(27,28)20-17-19(10-9-18(20)3)21(26)22-11-7-8-12-24-15-13-23(4)14-16-24/h9-10,17H,5-8,11-16H2,1-4H3,(H,22,26). The number of sulfonamides is 1. The molecule has 0 unspecified atom stereocenters. The summed E-state index contributed by atoms with van der Waals surface area (Å²) in [5, 5.41) is 2.92. The lowest BCUT2D eigenvalue weighted by atomic mass is 10.1. The molecule has 0 spiro atoms. The molecule has 0 atom stereocenters. The van der Waals surface area contributed by atoms with Gasteiger partial charge in [-0.25, -0.2) is 8.42 Å². The number of piperazine rings is 1. The van der Waals surface area contributed by atoms with Crippen molar-refractivity contribution in [2.24, 2.45) is 0 Å². The van der Waals surface area contributed by atoms with Gasteiger partial charge < -0.3 is 15.1 Å². The number of likely N-dealkylation sites (N-methyl/N-ethyl adjacent to an activating group) is 1. The maximum Gasteiger partial charge on any atom is 0.251 e. The van der Waals surface area contributed by atoms with Crippen LogP contribution in [0.2, 0.25) is 0 Å². The second kappa shape index (κ2) is 11.1. The van der Waals surface area contributed by atoms with Crippen molar-refractivity contribution >= 4 is 15.9 Å². The van der Waals surface area contributed by atoms with E-state index in [4.69, 9.17) is 0 Å². The number of hydrogen-bond acceptors (Lipinski definition) is 5. The van der Waals surface area contributed by atoms with Crippen LogP contribution in [0.5, 0.6) is 0 Å². The van der Waals surface area contributed by atoms with Crippen molar-refractivity contribution < 1.29 is 13.2 Å². The van der Waals surface area contributed by atoms with E-state index in [1.165, 1.54) is 10.4 Å². The molecule has 0 bridgehead atoms. The van der Waals surface area contributed by atoms with Gasteiger partial charge in [-0.05, 0) is 51.1 Å². The zero-order valence-electron chi connectivity index (χ0n) is 18.3. The molecule has 0 saturated carbocycles. The quantitative estimate of drug-likeness (QED) is 0.580. The van der Waals surface area contributed by atoms with Crippen molar-refractivity contribution in [3.63, 3.8) is 0 Å². The van der Waals surface area contributed by atoms with E-state index in [0.717, 1.165) is 45.6 Å². The van der Waals surface area contributed by atoms with Crippen LogP contribution >= 0.6 is 0 Å². The van der Waals surface area contributed by atoms with Gasteiger partial charge >= 0.3 is 0 Å². The second-order valence-electron chi connectivity index (χ2n) is 7.68.